The highest BCUT2D eigenvalue weighted by Gasteiger charge is 2.22. The number of furan rings is 1. The smallest absolute Gasteiger partial charge is 0.335 e. The molecular weight excluding hydrogens is 556 g/mol. The number of ketones is 1. The first-order valence-electron chi connectivity index (χ1n) is 14.7. The molecule has 0 aliphatic carbocycles. The van der Waals surface area contributed by atoms with Crippen LogP contribution in [0.1, 0.15) is 50.4 Å². The Morgan fingerprint density at radius 2 is 1.80 bits per heavy atom. The predicted octanol–water partition coefficient (Wildman–Crippen LogP) is 7.12. The van der Waals surface area contributed by atoms with Crippen molar-refractivity contribution in [3.63, 3.8) is 0 Å². The number of hydrogen-bond donors (Lipinski definition) is 1. The number of rotatable bonds is 10. The molecule has 0 radical (unpaired) electrons. The van der Waals surface area contributed by atoms with Crippen LogP contribution in [0.4, 0.5) is 5.82 Å². The van der Waals surface area contributed by atoms with Gasteiger partial charge in [-0.3, -0.25) is 4.79 Å². The molecule has 8 heteroatoms. The molecule has 1 aliphatic heterocycles. The number of Topliss-reactive ketones (excluding diaryl/α,β-unsaturated/α-hetero) is 1. The van der Waals surface area contributed by atoms with Crippen LogP contribution in [0.5, 0.6) is 5.75 Å². The SMILES string of the molecule is COc1ccccc1-c1ccc2oc(C(=O)Cc3ccc(N4CCC(OCc5cccc(C(=O)O)c5)CC4)nc3)c(C)c2c1. The van der Waals surface area contributed by atoms with Gasteiger partial charge in [0.15, 0.2) is 5.76 Å². The van der Waals surface area contributed by atoms with Gasteiger partial charge in [0.25, 0.3) is 0 Å². The van der Waals surface area contributed by atoms with Gasteiger partial charge in [0.05, 0.1) is 25.4 Å². The van der Waals surface area contributed by atoms with E-state index in [9.17, 15) is 14.7 Å². The van der Waals surface area contributed by atoms with E-state index in [-0.39, 0.29) is 23.9 Å². The van der Waals surface area contributed by atoms with Crippen LogP contribution in [-0.4, -0.2) is 48.1 Å². The molecule has 1 aliphatic rings. The molecule has 3 aromatic carbocycles. The molecular formula is C36H34N2O6. The zero-order valence-electron chi connectivity index (χ0n) is 24.8. The van der Waals surface area contributed by atoms with Crippen molar-refractivity contribution in [2.45, 2.75) is 38.9 Å². The van der Waals surface area contributed by atoms with Gasteiger partial charge in [0, 0.05) is 42.2 Å². The molecule has 0 unspecified atom stereocenters. The van der Waals surface area contributed by atoms with Gasteiger partial charge in [-0.1, -0.05) is 42.5 Å². The van der Waals surface area contributed by atoms with Gasteiger partial charge in [-0.05, 0) is 72.9 Å². The van der Waals surface area contributed by atoms with Crippen LogP contribution in [0.15, 0.2) is 89.5 Å². The number of carbonyl (C=O) groups is 2. The number of nitrogens with zero attached hydrogens (tertiary/aromatic N) is 2. The van der Waals surface area contributed by atoms with Gasteiger partial charge >= 0.3 is 5.97 Å². The van der Waals surface area contributed by atoms with Crippen molar-refractivity contribution in [1.82, 2.24) is 4.98 Å². The third-order valence-electron chi connectivity index (χ3n) is 8.21. The molecule has 0 saturated carbocycles. The minimum absolute atomic E-state index is 0.0843. The molecule has 0 amide bonds. The standard InChI is InChI=1S/C36H34N2O6/c1-23-30-20-26(29-8-3-4-9-32(29)42-2)11-12-33(30)44-35(23)31(39)19-24-10-13-34(37-21-24)38-16-14-28(15-17-38)43-22-25-6-5-7-27(18-25)36(40)41/h3-13,18,20-21,28H,14-17,19,22H2,1-2H3,(H,40,41). The lowest BCUT2D eigenvalue weighted by Gasteiger charge is -2.32. The summed E-state index contributed by atoms with van der Waals surface area (Å²) in [5.41, 5.74) is 5.44. The fourth-order valence-corrected chi connectivity index (χ4v) is 5.77. The number of piperidine rings is 1. The van der Waals surface area contributed by atoms with E-state index < -0.39 is 5.97 Å². The number of aromatic carboxylic acids is 1. The van der Waals surface area contributed by atoms with Gasteiger partial charge in [-0.25, -0.2) is 9.78 Å². The highest BCUT2D eigenvalue weighted by molar-refractivity contribution is 6.02. The van der Waals surface area contributed by atoms with E-state index in [0.717, 1.165) is 70.7 Å². The summed E-state index contributed by atoms with van der Waals surface area (Å²) in [5, 5.41) is 10.1. The fraction of sp³-hybridized carbons (Fsp3) is 0.250. The number of carboxylic acid groups (broad SMARTS) is 1. The molecule has 3 heterocycles. The Bertz CT molecular complexity index is 1800. The second-order valence-electron chi connectivity index (χ2n) is 11.1. The lowest BCUT2D eigenvalue weighted by molar-refractivity contribution is 0.0250. The number of methoxy groups -OCH3 is 1. The second-order valence-corrected chi connectivity index (χ2v) is 11.1. The first-order valence-corrected chi connectivity index (χ1v) is 14.7. The number of benzene rings is 3. The summed E-state index contributed by atoms with van der Waals surface area (Å²) >= 11 is 0. The summed E-state index contributed by atoms with van der Waals surface area (Å²) in [6.45, 7) is 3.92. The quantitative estimate of drug-likeness (QED) is 0.172. The average Bonchev–Trinajstić information content (AvgIpc) is 3.40. The number of fused-ring (bicyclic) bond motifs is 1. The monoisotopic (exact) mass is 590 g/mol. The third kappa shape index (κ3) is 6.21. The van der Waals surface area contributed by atoms with Crippen molar-refractivity contribution in [3.05, 3.63) is 113 Å². The molecule has 5 aromatic rings. The largest absolute Gasteiger partial charge is 0.496 e. The Kier molecular flexibility index (Phi) is 8.43. The van der Waals surface area contributed by atoms with Crippen LogP contribution in [0.3, 0.4) is 0 Å². The summed E-state index contributed by atoms with van der Waals surface area (Å²) in [7, 11) is 1.66. The molecule has 1 saturated heterocycles. The number of para-hydroxylation sites is 1. The first kappa shape index (κ1) is 29.1. The van der Waals surface area contributed by atoms with Gasteiger partial charge in [-0.2, -0.15) is 0 Å². The maximum Gasteiger partial charge on any atom is 0.335 e. The summed E-state index contributed by atoms with van der Waals surface area (Å²) in [6, 6.07) is 24.6. The Hall–Kier alpha value is -4.95. The molecule has 2 aromatic heterocycles. The van der Waals surface area contributed by atoms with Crippen molar-refractivity contribution < 1.29 is 28.6 Å². The van der Waals surface area contributed by atoms with Crippen LogP contribution in [0, 0.1) is 6.92 Å². The Morgan fingerprint density at radius 3 is 2.55 bits per heavy atom. The van der Waals surface area contributed by atoms with Crippen LogP contribution in [-0.2, 0) is 17.8 Å². The lowest BCUT2D eigenvalue weighted by Crippen LogP contribution is -2.37. The van der Waals surface area contributed by atoms with Gasteiger partial charge in [0.1, 0.15) is 17.2 Å². The molecule has 0 bridgehead atoms. The Labute approximate surface area is 255 Å². The molecule has 6 rings (SSSR count). The normalized spacial score (nSPS) is 13.7. The highest BCUT2D eigenvalue weighted by atomic mass is 16.5. The number of pyridine rings is 1. The predicted molar refractivity (Wildman–Crippen MR) is 169 cm³/mol. The molecule has 1 fully saturated rings. The van der Waals surface area contributed by atoms with Crippen LogP contribution < -0.4 is 9.64 Å². The van der Waals surface area contributed by atoms with E-state index in [1.54, 1.807) is 31.5 Å². The molecule has 0 spiro atoms. The van der Waals surface area contributed by atoms with Crippen LogP contribution in [0.2, 0.25) is 0 Å². The van der Waals surface area contributed by atoms with E-state index in [1.807, 2.05) is 67.6 Å². The van der Waals surface area contributed by atoms with Crippen molar-refractivity contribution in [1.29, 1.82) is 0 Å². The summed E-state index contributed by atoms with van der Waals surface area (Å²) in [6.07, 6.45) is 3.78. The minimum Gasteiger partial charge on any atom is -0.496 e. The van der Waals surface area contributed by atoms with E-state index in [2.05, 4.69) is 9.88 Å². The van der Waals surface area contributed by atoms with E-state index in [0.29, 0.717) is 18.0 Å². The minimum atomic E-state index is -0.938. The topological polar surface area (TPSA) is 102 Å². The lowest BCUT2D eigenvalue weighted by atomic mass is 10.0. The Morgan fingerprint density at radius 1 is 0.977 bits per heavy atom. The van der Waals surface area contributed by atoms with Crippen molar-refractivity contribution >= 4 is 28.5 Å². The molecule has 44 heavy (non-hydrogen) atoms. The number of hydrogen-bond acceptors (Lipinski definition) is 7. The number of aryl methyl sites for hydroxylation is 1. The first-order chi connectivity index (χ1) is 21.4. The van der Waals surface area contributed by atoms with Crippen LogP contribution >= 0.6 is 0 Å². The maximum absolute atomic E-state index is 13.3. The van der Waals surface area contributed by atoms with Gasteiger partial charge in [0.2, 0.25) is 5.78 Å². The average molecular weight is 591 g/mol. The Balaban J connectivity index is 1.05. The maximum atomic E-state index is 13.3. The number of carboxylic acids is 1. The number of anilines is 1. The summed E-state index contributed by atoms with van der Waals surface area (Å²) in [4.78, 5) is 31.4. The van der Waals surface area contributed by atoms with E-state index in [1.165, 1.54) is 0 Å². The number of carbonyl (C=O) groups excluding carboxylic acids is 1. The zero-order valence-corrected chi connectivity index (χ0v) is 24.8. The van der Waals surface area contributed by atoms with E-state index in [4.69, 9.17) is 13.9 Å². The van der Waals surface area contributed by atoms with Gasteiger partial charge < -0.3 is 23.9 Å². The molecule has 0 atom stereocenters. The fourth-order valence-electron chi connectivity index (χ4n) is 5.77. The highest BCUT2D eigenvalue weighted by Crippen LogP contribution is 2.34. The zero-order chi connectivity index (χ0) is 30.6. The van der Waals surface area contributed by atoms with Gasteiger partial charge in [-0.15, -0.1) is 0 Å². The van der Waals surface area contributed by atoms with E-state index >= 15 is 0 Å². The van der Waals surface area contributed by atoms with Crippen molar-refractivity contribution in [2.24, 2.45) is 0 Å². The summed E-state index contributed by atoms with van der Waals surface area (Å²) in [5.74, 6) is 1.01. The van der Waals surface area contributed by atoms with Crippen molar-refractivity contribution in [2.75, 3.05) is 25.1 Å². The summed E-state index contributed by atoms with van der Waals surface area (Å²) < 4.78 is 17.6. The molecule has 1 N–H and O–H groups in total. The van der Waals surface area contributed by atoms with Crippen molar-refractivity contribution in [3.8, 4) is 16.9 Å². The third-order valence-corrected chi connectivity index (χ3v) is 8.21. The number of aromatic nitrogens is 1. The molecule has 224 valence electrons. The number of ether oxygens (including phenoxy) is 2. The second kappa shape index (κ2) is 12.7. The van der Waals surface area contributed by atoms with Crippen LogP contribution in [0.25, 0.3) is 22.1 Å². The molecule has 8 nitrogen and oxygen atoms in total.